The number of nitriles is 2. The molecule has 10 nitrogen and oxygen atoms in total. The molecule has 0 N–H and O–H groups in total. The first-order chi connectivity index (χ1) is 28.5. The van der Waals surface area contributed by atoms with Gasteiger partial charge >= 0.3 is 82.8 Å². The Morgan fingerprint density at radius 3 is 0.762 bits per heavy atom. The Morgan fingerprint density at radius 2 is 0.619 bits per heavy atom. The third kappa shape index (κ3) is 31.5. The van der Waals surface area contributed by atoms with Crippen LogP contribution in [0.5, 0.6) is 11.5 Å². The summed E-state index contributed by atoms with van der Waals surface area (Å²) in [6.07, 6.45) is 7.02. The second-order valence-corrected chi connectivity index (χ2v) is 15.1. The first kappa shape index (κ1) is 57.0. The minimum absolute atomic E-state index is 0. The summed E-state index contributed by atoms with van der Waals surface area (Å²) >= 11 is 0. The van der Waals surface area contributed by atoms with E-state index >= 15 is 0 Å². The molecular formula is C38H36CoF12N8O2P2. The van der Waals surface area contributed by atoms with Crippen LogP contribution in [0.25, 0.3) is 45.6 Å². The number of hydrogen-bond donors (Lipinski definition) is 0. The summed E-state index contributed by atoms with van der Waals surface area (Å²) in [5.41, 5.74) is 6.38. The van der Waals surface area contributed by atoms with Crippen molar-refractivity contribution >= 4 is 15.6 Å². The van der Waals surface area contributed by atoms with Crippen molar-refractivity contribution in [2.24, 2.45) is 0 Å². The molecule has 0 saturated carbocycles. The van der Waals surface area contributed by atoms with E-state index in [1.165, 1.54) is 13.8 Å². The van der Waals surface area contributed by atoms with E-state index in [0.717, 1.165) is 57.1 Å². The Kier molecular flexibility index (Phi) is 20.7. The molecule has 25 heteroatoms. The SMILES string of the molecule is CC#N.CC#N.CCOc1cc(-c2ccccn2)nc(-c2ccccn2)c1.CCOc1cc(-c2ccccn2)nc(-c2ccccn2)c1.F[P-](F)(F)(F)(F)F.F[P-](F)(F)(F)(F)F.[Co+2]. The summed E-state index contributed by atoms with van der Waals surface area (Å²) in [4.78, 5) is 26.7. The fraction of sp³-hybridized carbons (Fsp3) is 0.158. The number of pyridine rings is 6. The van der Waals surface area contributed by atoms with Crippen molar-refractivity contribution in [3.05, 3.63) is 122 Å². The van der Waals surface area contributed by atoms with Crippen LogP contribution in [0, 0.1) is 22.7 Å². The van der Waals surface area contributed by atoms with Gasteiger partial charge in [0, 0.05) is 62.9 Å². The maximum atomic E-state index is 9.87. The normalized spacial score (nSPS) is 12.3. The molecule has 0 aliphatic rings. The van der Waals surface area contributed by atoms with Gasteiger partial charge in [-0.05, 0) is 62.4 Å². The van der Waals surface area contributed by atoms with Crippen LogP contribution in [0.3, 0.4) is 0 Å². The van der Waals surface area contributed by atoms with Crippen molar-refractivity contribution in [2.45, 2.75) is 27.7 Å². The van der Waals surface area contributed by atoms with Gasteiger partial charge in [-0.1, -0.05) is 24.3 Å². The van der Waals surface area contributed by atoms with E-state index in [0.29, 0.717) is 13.2 Å². The third-order valence-corrected chi connectivity index (χ3v) is 5.93. The predicted octanol–water partition coefficient (Wildman–Crippen LogP) is 15.0. The number of ether oxygens (including phenoxy) is 2. The van der Waals surface area contributed by atoms with E-state index in [1.807, 2.05) is 111 Å². The minimum Gasteiger partial charge on any atom is 2.00 e. The molecule has 6 rings (SSSR count). The predicted molar refractivity (Wildman–Crippen MR) is 213 cm³/mol. The Morgan fingerprint density at radius 1 is 0.429 bits per heavy atom. The van der Waals surface area contributed by atoms with Crippen molar-refractivity contribution in [2.75, 3.05) is 13.2 Å². The van der Waals surface area contributed by atoms with Gasteiger partial charge in [0.25, 0.3) is 0 Å². The van der Waals surface area contributed by atoms with E-state index in [9.17, 15) is 50.4 Å². The maximum Gasteiger partial charge on any atom is 2.00 e. The van der Waals surface area contributed by atoms with Gasteiger partial charge < -0.3 is 9.47 Å². The van der Waals surface area contributed by atoms with Gasteiger partial charge in [-0.3, -0.25) is 19.9 Å². The Bertz CT molecular complexity index is 2060. The molecular weight excluding hydrogens is 949 g/mol. The average molecular weight is 986 g/mol. The van der Waals surface area contributed by atoms with E-state index in [1.54, 1.807) is 36.9 Å². The molecule has 0 aromatic carbocycles. The van der Waals surface area contributed by atoms with E-state index in [4.69, 9.17) is 20.0 Å². The molecule has 0 amide bonds. The molecule has 6 aromatic rings. The van der Waals surface area contributed by atoms with Crippen LogP contribution in [-0.4, -0.2) is 43.1 Å². The molecule has 0 unspecified atom stereocenters. The molecule has 1 radical (unpaired) electrons. The van der Waals surface area contributed by atoms with Crippen LogP contribution >= 0.6 is 15.6 Å². The van der Waals surface area contributed by atoms with Gasteiger partial charge in [0.15, 0.2) is 0 Å². The van der Waals surface area contributed by atoms with E-state index in [2.05, 4.69) is 29.9 Å². The second-order valence-electron chi connectivity index (χ2n) is 11.2. The van der Waals surface area contributed by atoms with Crippen LogP contribution < -0.4 is 9.47 Å². The smallest absolute Gasteiger partial charge is 2.00 e. The Labute approximate surface area is 363 Å². The third-order valence-electron chi connectivity index (χ3n) is 5.93. The molecule has 0 spiro atoms. The summed E-state index contributed by atoms with van der Waals surface area (Å²) in [5.74, 6) is 1.54. The topological polar surface area (TPSA) is 143 Å². The molecule has 0 aliphatic heterocycles. The number of nitrogens with zero attached hydrogens (tertiary/aromatic N) is 8. The van der Waals surface area contributed by atoms with Gasteiger partial charge in [-0.2, -0.15) is 10.5 Å². The standard InChI is InChI=1S/2C17H15N3O.2C2H3N.Co.2F6P/c2*1-2-21-13-11-16(14-7-3-5-9-18-14)20-17(12-13)15-8-4-6-10-19-15;2*1-2-3;;2*1-7(2,3,4,5)6/h2*3-12H,2H2,1H3;2*1H3;;;/q;;;;+2;2*-1. The van der Waals surface area contributed by atoms with E-state index in [-0.39, 0.29) is 16.8 Å². The summed E-state index contributed by atoms with van der Waals surface area (Å²) < 4.78 is 130. The molecule has 343 valence electrons. The summed E-state index contributed by atoms with van der Waals surface area (Å²) in [5, 5.41) is 14.6. The number of hydrogen-bond acceptors (Lipinski definition) is 10. The minimum atomic E-state index is -10.7. The first-order valence-electron chi connectivity index (χ1n) is 17.2. The van der Waals surface area contributed by atoms with Crippen LogP contribution in [0.15, 0.2) is 122 Å². The molecule has 0 atom stereocenters. The zero-order valence-electron chi connectivity index (χ0n) is 33.1. The second kappa shape index (κ2) is 22.9. The quantitative estimate of drug-likeness (QED) is 0.107. The van der Waals surface area contributed by atoms with Crippen molar-refractivity contribution in [3.8, 4) is 69.2 Å². The van der Waals surface area contributed by atoms with Crippen LogP contribution in [0.1, 0.15) is 27.7 Å². The summed E-state index contributed by atoms with van der Waals surface area (Å²) in [7, 11) is -21.3. The van der Waals surface area contributed by atoms with E-state index < -0.39 is 15.6 Å². The molecule has 6 heterocycles. The van der Waals surface area contributed by atoms with Crippen LogP contribution in [0.4, 0.5) is 50.4 Å². The van der Waals surface area contributed by atoms with Gasteiger partial charge in [-0.25, -0.2) is 9.97 Å². The largest absolute Gasteiger partial charge is 2.00 e. The molecule has 0 fully saturated rings. The van der Waals surface area contributed by atoms with Gasteiger partial charge in [0.2, 0.25) is 0 Å². The number of aromatic nitrogens is 6. The van der Waals surface area contributed by atoms with Crippen LogP contribution in [-0.2, 0) is 16.8 Å². The Hall–Kier alpha value is -5.99. The Balaban J connectivity index is 0.000000853. The first-order valence-corrected chi connectivity index (χ1v) is 21.2. The van der Waals surface area contributed by atoms with Crippen molar-refractivity contribution in [1.82, 2.24) is 29.9 Å². The summed E-state index contributed by atoms with van der Waals surface area (Å²) in [6.45, 7) is 7.99. The zero-order chi connectivity index (χ0) is 47.2. The molecule has 0 bridgehead atoms. The van der Waals surface area contributed by atoms with Gasteiger partial charge in [0.1, 0.15) is 11.5 Å². The van der Waals surface area contributed by atoms with Gasteiger partial charge in [0.05, 0.1) is 70.9 Å². The van der Waals surface area contributed by atoms with Crippen molar-refractivity contribution < 1.29 is 76.6 Å². The zero-order valence-corrected chi connectivity index (χ0v) is 35.9. The van der Waals surface area contributed by atoms with Crippen LogP contribution in [0.2, 0.25) is 0 Å². The van der Waals surface area contributed by atoms with Crippen molar-refractivity contribution in [1.29, 1.82) is 10.5 Å². The molecule has 63 heavy (non-hydrogen) atoms. The fourth-order valence-corrected chi connectivity index (χ4v) is 4.09. The monoisotopic (exact) mass is 985 g/mol. The maximum absolute atomic E-state index is 10.7. The molecule has 6 aromatic heterocycles. The molecule has 0 aliphatic carbocycles. The number of rotatable bonds is 8. The molecule has 0 saturated heterocycles. The van der Waals surface area contributed by atoms with Gasteiger partial charge in [-0.15, -0.1) is 0 Å². The fourth-order valence-electron chi connectivity index (χ4n) is 4.09. The van der Waals surface area contributed by atoms with Crippen molar-refractivity contribution in [3.63, 3.8) is 0 Å². The number of halogens is 12. The average Bonchev–Trinajstić information content (AvgIpc) is 3.18. The summed E-state index contributed by atoms with van der Waals surface area (Å²) in [6, 6.07) is 34.1.